The maximum atomic E-state index is 9.86. The fraction of sp³-hybridized carbons (Fsp3) is 0.207. The SMILES string of the molecule is [2H]C([2H])(c1ccc(-c2ccccc2)nc1)C([2H])([2H])c1cc(C([2H])([2H])C([2H])([2H])c2ccc(-c3ccccc3)nc2)cc(C([2H])([2H])C([2H])([2H])c2cnc(-c3cccc4c3oc3c(C)c(C#N)ccc34)cc2C2CCCC2)c1. The summed E-state index contributed by atoms with van der Waals surface area (Å²) in [7, 11) is 0. The van der Waals surface area contributed by atoms with Crippen molar-refractivity contribution in [2.75, 3.05) is 0 Å². The Morgan fingerprint density at radius 3 is 1.68 bits per heavy atom. The number of nitriles is 1. The van der Waals surface area contributed by atoms with Crippen molar-refractivity contribution >= 4 is 21.9 Å². The monoisotopic (exact) mass is 830 g/mol. The van der Waals surface area contributed by atoms with Crippen LogP contribution in [0, 0.1) is 18.3 Å². The third-order valence-corrected chi connectivity index (χ3v) is 11.7. The number of rotatable bonds is 13. The van der Waals surface area contributed by atoms with E-state index in [0.717, 1.165) is 52.9 Å². The molecule has 1 aliphatic carbocycles. The van der Waals surface area contributed by atoms with E-state index in [1.807, 2.05) is 91.9 Å². The summed E-state index contributed by atoms with van der Waals surface area (Å²) in [5.41, 5.74) is 4.24. The Labute approximate surface area is 387 Å². The Morgan fingerprint density at radius 2 is 1.11 bits per heavy atom. The minimum Gasteiger partial charge on any atom is -0.455 e. The first-order chi connectivity index (χ1) is 35.6. The number of furan rings is 1. The van der Waals surface area contributed by atoms with Crippen LogP contribution in [0.3, 0.4) is 0 Å². The lowest BCUT2D eigenvalue weighted by molar-refractivity contribution is 0.666. The summed E-state index contributed by atoms with van der Waals surface area (Å²) in [6, 6.07) is 40.4. The van der Waals surface area contributed by atoms with Gasteiger partial charge in [-0.05, 0) is 139 Å². The van der Waals surface area contributed by atoms with Gasteiger partial charge in [0.25, 0.3) is 0 Å². The molecule has 0 aliphatic heterocycles. The average Bonchev–Trinajstić information content (AvgIpc) is 4.11. The molecule has 0 N–H and O–H groups in total. The standard InChI is InChI=1S/C58H50N4O/c1-39-48(35-59)27-28-51-50-17-10-18-52(58(50)63-57(39)51)56-34-53(45-11-8-9-12-45)49(38-62-56)26-23-44-32-42(21-19-40-24-29-54(60-36-40)46-13-4-2-5-14-46)31-43(33-44)22-20-41-25-30-55(61-37-41)47-15-6-3-7-16-47/h2-7,10,13-18,24-25,27-34,36-38,45H,8-9,11-12,19-23,26H2,1H3/i19D2,20D2,21D2,22D2,23D2,26D2. The van der Waals surface area contributed by atoms with E-state index in [4.69, 9.17) is 9.40 Å². The maximum absolute atomic E-state index is 9.86. The first-order valence-corrected chi connectivity index (χ1v) is 21.2. The van der Waals surface area contributed by atoms with Crippen LogP contribution in [0.25, 0.3) is 55.7 Å². The van der Waals surface area contributed by atoms with Crippen LogP contribution in [0.15, 0.2) is 163 Å². The van der Waals surface area contributed by atoms with E-state index in [1.54, 1.807) is 24.3 Å². The highest BCUT2D eigenvalue weighted by Gasteiger charge is 2.23. The van der Waals surface area contributed by atoms with Gasteiger partial charge >= 0.3 is 0 Å². The Bertz CT molecular complexity index is 3520. The predicted molar refractivity (Wildman–Crippen MR) is 256 cm³/mol. The van der Waals surface area contributed by atoms with Crippen molar-refractivity contribution in [3.05, 3.63) is 208 Å². The van der Waals surface area contributed by atoms with Gasteiger partial charge in [-0.15, -0.1) is 0 Å². The fourth-order valence-corrected chi connectivity index (χ4v) is 8.38. The van der Waals surface area contributed by atoms with E-state index in [-0.39, 0.29) is 22.6 Å². The van der Waals surface area contributed by atoms with E-state index >= 15 is 0 Å². The zero-order valence-electron chi connectivity index (χ0n) is 46.6. The largest absolute Gasteiger partial charge is 0.455 e. The van der Waals surface area contributed by atoms with E-state index < -0.39 is 54.9 Å². The molecule has 1 fully saturated rings. The van der Waals surface area contributed by atoms with Crippen molar-refractivity contribution in [2.24, 2.45) is 0 Å². The fourth-order valence-electron chi connectivity index (χ4n) is 8.38. The highest BCUT2D eigenvalue weighted by atomic mass is 16.3. The first kappa shape index (κ1) is 28.4. The van der Waals surface area contributed by atoms with Crippen molar-refractivity contribution in [2.45, 2.75) is 76.8 Å². The summed E-state index contributed by atoms with van der Waals surface area (Å²) in [6.45, 7) is 1.82. The number of hydrogen-bond acceptors (Lipinski definition) is 5. The molecule has 63 heavy (non-hydrogen) atoms. The van der Waals surface area contributed by atoms with Gasteiger partial charge in [-0.25, -0.2) is 0 Å². The van der Waals surface area contributed by atoms with Crippen LogP contribution in [0.2, 0.25) is 0 Å². The Hall–Kier alpha value is -7.16. The molecular weight excluding hydrogens is 769 g/mol. The van der Waals surface area contributed by atoms with Crippen molar-refractivity contribution in [3.63, 3.8) is 0 Å². The van der Waals surface area contributed by atoms with E-state index in [2.05, 4.69) is 16.0 Å². The first-order valence-electron chi connectivity index (χ1n) is 27.2. The van der Waals surface area contributed by atoms with Crippen molar-refractivity contribution in [3.8, 4) is 39.8 Å². The Kier molecular flexibility index (Phi) is 8.15. The Balaban J connectivity index is 1.10. The smallest absolute Gasteiger partial charge is 0.144 e. The minimum atomic E-state index is -3.12. The van der Waals surface area contributed by atoms with E-state index in [9.17, 15) is 21.7 Å². The number of benzene rings is 5. The number of aromatic nitrogens is 3. The number of aryl methyl sites for hydroxylation is 7. The molecule has 5 nitrogen and oxygen atoms in total. The molecule has 1 aliphatic rings. The molecule has 0 saturated heterocycles. The van der Waals surface area contributed by atoms with Crippen LogP contribution in [0.1, 0.15) is 98.1 Å². The number of pyridine rings is 3. The zero-order chi connectivity index (χ0) is 53.3. The van der Waals surface area contributed by atoms with Gasteiger partial charge in [-0.3, -0.25) is 15.0 Å². The molecule has 0 unspecified atom stereocenters. The topological polar surface area (TPSA) is 75.6 Å². The quantitative estimate of drug-likeness (QED) is 0.116. The lowest BCUT2D eigenvalue weighted by Crippen LogP contribution is -2.05. The van der Waals surface area contributed by atoms with Gasteiger partial charge in [-0.2, -0.15) is 5.26 Å². The molecule has 1 saturated carbocycles. The van der Waals surface area contributed by atoms with Gasteiger partial charge in [0.05, 0.1) is 28.7 Å². The number of fused-ring (bicyclic) bond motifs is 3. The molecule has 5 aromatic carbocycles. The van der Waals surface area contributed by atoms with Crippen LogP contribution >= 0.6 is 0 Å². The highest BCUT2D eigenvalue weighted by Crippen LogP contribution is 2.41. The third-order valence-electron chi connectivity index (χ3n) is 11.7. The molecule has 0 bridgehead atoms. The van der Waals surface area contributed by atoms with Crippen molar-refractivity contribution in [1.82, 2.24) is 15.0 Å². The second-order valence-electron chi connectivity index (χ2n) is 15.8. The molecule has 4 aromatic heterocycles. The lowest BCUT2D eigenvalue weighted by Gasteiger charge is -2.17. The van der Waals surface area contributed by atoms with Crippen molar-refractivity contribution in [1.29, 1.82) is 5.26 Å². The second kappa shape index (κ2) is 18.1. The normalized spacial score (nSPS) is 17.1. The lowest BCUT2D eigenvalue weighted by atomic mass is 9.89. The highest BCUT2D eigenvalue weighted by molar-refractivity contribution is 6.10. The molecule has 4 heterocycles. The van der Waals surface area contributed by atoms with Crippen molar-refractivity contribution < 1.29 is 20.9 Å². The predicted octanol–water partition coefficient (Wildman–Crippen LogP) is 14.0. The van der Waals surface area contributed by atoms with Crippen LogP contribution in [0.5, 0.6) is 0 Å². The summed E-state index contributed by atoms with van der Waals surface area (Å²) in [5, 5.41) is 11.3. The number of hydrogen-bond donors (Lipinski definition) is 0. The number of nitrogens with zero attached hydrogens (tertiary/aromatic N) is 4. The molecule has 0 amide bonds. The van der Waals surface area contributed by atoms with Gasteiger partial charge in [0.1, 0.15) is 11.2 Å². The van der Waals surface area contributed by atoms with Crippen LogP contribution in [-0.2, 0) is 38.2 Å². The third kappa shape index (κ3) is 8.68. The summed E-state index contributed by atoms with van der Waals surface area (Å²) in [4.78, 5) is 13.7. The molecule has 10 rings (SSSR count). The van der Waals surface area contributed by atoms with Gasteiger partial charge in [0.15, 0.2) is 0 Å². The van der Waals surface area contributed by atoms with Crippen LogP contribution in [-0.4, -0.2) is 15.0 Å². The summed E-state index contributed by atoms with van der Waals surface area (Å²) in [6.07, 6.45) is -11.2. The molecule has 0 atom stereocenters. The summed E-state index contributed by atoms with van der Waals surface area (Å²) >= 11 is 0. The maximum Gasteiger partial charge on any atom is 0.144 e. The van der Waals surface area contributed by atoms with Gasteiger partial charge in [0.2, 0.25) is 0 Å². The summed E-state index contributed by atoms with van der Waals surface area (Å²) in [5.74, 6) is -0.198. The molecule has 5 heteroatoms. The van der Waals surface area contributed by atoms with E-state index in [0.29, 0.717) is 63.3 Å². The average molecular weight is 831 g/mol. The zero-order valence-corrected chi connectivity index (χ0v) is 34.6. The van der Waals surface area contributed by atoms with Gasteiger partial charge in [0, 0.05) is 68.1 Å². The van der Waals surface area contributed by atoms with Gasteiger partial charge < -0.3 is 4.42 Å². The minimum absolute atomic E-state index is 0.0766. The van der Waals surface area contributed by atoms with Crippen LogP contribution in [0.4, 0.5) is 0 Å². The van der Waals surface area contributed by atoms with E-state index in [1.165, 1.54) is 30.7 Å². The van der Waals surface area contributed by atoms with Crippen LogP contribution < -0.4 is 0 Å². The number of para-hydroxylation sites is 1. The molecule has 9 aromatic rings. The van der Waals surface area contributed by atoms with Gasteiger partial charge in [-0.1, -0.05) is 116 Å². The molecule has 308 valence electrons. The summed E-state index contributed by atoms with van der Waals surface area (Å²) < 4.78 is 121. The molecular formula is C58H50N4O. The Morgan fingerprint density at radius 1 is 0.556 bits per heavy atom. The molecule has 0 radical (unpaired) electrons. The second-order valence-corrected chi connectivity index (χ2v) is 15.8. The molecule has 0 spiro atoms.